The molecule has 0 bridgehead atoms. The number of pyridine rings is 2. The number of aromatic nitrogens is 2. The average Bonchev–Trinajstić information content (AvgIpc) is 2.80. The van der Waals surface area contributed by atoms with Gasteiger partial charge < -0.3 is 4.74 Å². The highest BCUT2D eigenvalue weighted by Gasteiger charge is 2.26. The fourth-order valence-electron chi connectivity index (χ4n) is 3.32. The molecule has 0 aliphatic rings. The zero-order valence-electron chi connectivity index (χ0n) is 16.5. The van der Waals surface area contributed by atoms with Crippen molar-refractivity contribution in [3.05, 3.63) is 102 Å². The van der Waals surface area contributed by atoms with Crippen molar-refractivity contribution in [3.63, 3.8) is 0 Å². The van der Waals surface area contributed by atoms with Crippen molar-refractivity contribution in [3.8, 4) is 28.2 Å². The third-order valence-electron chi connectivity index (χ3n) is 4.67. The Labute approximate surface area is 180 Å². The number of carbonyl (C=O) groups excluding carboxylic acids is 1. The van der Waals surface area contributed by atoms with Gasteiger partial charge in [0.25, 0.3) is 0 Å². The summed E-state index contributed by atoms with van der Waals surface area (Å²) in [7, 11) is 0. The van der Waals surface area contributed by atoms with Gasteiger partial charge in [0, 0.05) is 17.7 Å². The molecule has 0 aliphatic carbocycles. The highest BCUT2D eigenvalue weighted by molar-refractivity contribution is 6.30. The smallest absolute Gasteiger partial charge is 0.378 e. The summed E-state index contributed by atoms with van der Waals surface area (Å²) in [6.45, 7) is 2.07. The fourth-order valence-corrected chi connectivity index (χ4v) is 3.43. The first kappa shape index (κ1) is 19.8. The highest BCUT2D eigenvalue weighted by atomic mass is 35.5. The second-order valence-corrected chi connectivity index (χ2v) is 7.07. The fraction of sp³-hybridized carbons (Fsp3) is 0.0800. The Morgan fingerprint density at radius 1 is 0.900 bits per heavy atom. The molecule has 0 saturated carbocycles. The van der Waals surface area contributed by atoms with Crippen LogP contribution >= 0.6 is 11.6 Å². The van der Waals surface area contributed by atoms with Crippen molar-refractivity contribution in [2.75, 3.05) is 6.61 Å². The molecule has 0 N–H and O–H groups in total. The first-order valence-electron chi connectivity index (χ1n) is 9.67. The third-order valence-corrected chi connectivity index (χ3v) is 4.89. The van der Waals surface area contributed by atoms with Crippen LogP contribution in [0.1, 0.15) is 17.4 Å². The van der Waals surface area contributed by atoms with Crippen molar-refractivity contribution in [2.45, 2.75) is 6.92 Å². The standard InChI is InChI=1S/C25H20ClN2O2/c1-2-30-25(29)23-16-20(18-9-5-3-6-10-18)15-22(19-11-7-4-8-12-19)28(23)24-14-13-21(26)17-27-24/h3-17H,2H2,1H3/q+1. The van der Waals surface area contributed by atoms with Gasteiger partial charge in [-0.15, -0.1) is 0 Å². The number of hydrogen-bond donors (Lipinski definition) is 0. The van der Waals surface area contributed by atoms with Crippen molar-refractivity contribution in [1.82, 2.24) is 4.98 Å². The minimum Gasteiger partial charge on any atom is -0.460 e. The average molecular weight is 416 g/mol. The van der Waals surface area contributed by atoms with E-state index in [1.165, 1.54) is 0 Å². The molecule has 0 saturated heterocycles. The van der Waals surface area contributed by atoms with Crippen molar-refractivity contribution in [2.24, 2.45) is 0 Å². The summed E-state index contributed by atoms with van der Waals surface area (Å²) in [6, 6.07) is 27.3. The van der Waals surface area contributed by atoms with E-state index in [1.807, 2.05) is 71.3 Å². The monoisotopic (exact) mass is 415 g/mol. The molecule has 4 nitrogen and oxygen atoms in total. The Kier molecular flexibility index (Phi) is 5.87. The van der Waals surface area contributed by atoms with Gasteiger partial charge >= 0.3 is 11.8 Å². The molecule has 4 rings (SSSR count). The van der Waals surface area contributed by atoms with E-state index in [9.17, 15) is 4.79 Å². The first-order valence-corrected chi connectivity index (χ1v) is 10.0. The van der Waals surface area contributed by atoms with Gasteiger partial charge in [-0.3, -0.25) is 0 Å². The molecule has 0 unspecified atom stereocenters. The molecule has 0 amide bonds. The highest BCUT2D eigenvalue weighted by Crippen LogP contribution is 2.26. The van der Waals surface area contributed by atoms with E-state index in [0.29, 0.717) is 16.5 Å². The molecule has 30 heavy (non-hydrogen) atoms. The normalized spacial score (nSPS) is 10.6. The Bertz CT molecular complexity index is 1160. The number of halogens is 1. The van der Waals surface area contributed by atoms with Crippen LogP contribution in [0, 0.1) is 0 Å². The largest absolute Gasteiger partial charge is 0.460 e. The second kappa shape index (κ2) is 8.89. The molecule has 0 radical (unpaired) electrons. The maximum atomic E-state index is 13.0. The number of carbonyl (C=O) groups is 1. The quantitative estimate of drug-likeness (QED) is 0.318. The molecule has 2 aromatic carbocycles. The molecule has 5 heteroatoms. The summed E-state index contributed by atoms with van der Waals surface area (Å²) in [5.74, 6) is 0.171. The van der Waals surface area contributed by atoms with Crippen LogP contribution in [0.2, 0.25) is 5.02 Å². The Morgan fingerprint density at radius 2 is 1.57 bits per heavy atom. The van der Waals surface area contributed by atoms with Crippen molar-refractivity contribution < 1.29 is 14.1 Å². The lowest BCUT2D eigenvalue weighted by Crippen LogP contribution is -2.42. The predicted octanol–water partition coefficient (Wildman–Crippen LogP) is 5.52. The lowest BCUT2D eigenvalue weighted by Gasteiger charge is -2.13. The van der Waals surface area contributed by atoms with E-state index in [1.54, 1.807) is 25.3 Å². The van der Waals surface area contributed by atoms with E-state index < -0.39 is 5.97 Å². The van der Waals surface area contributed by atoms with Crippen LogP contribution in [0.15, 0.2) is 91.1 Å². The Hall–Kier alpha value is -3.50. The summed E-state index contributed by atoms with van der Waals surface area (Å²) in [6.07, 6.45) is 1.57. The lowest BCUT2D eigenvalue weighted by molar-refractivity contribution is -0.591. The molecule has 148 valence electrons. The van der Waals surface area contributed by atoms with Gasteiger partial charge in [-0.25, -0.2) is 4.79 Å². The summed E-state index contributed by atoms with van der Waals surface area (Å²) in [5.41, 5.74) is 4.11. The molecule has 0 aliphatic heterocycles. The first-order chi connectivity index (χ1) is 14.7. The van der Waals surface area contributed by atoms with Gasteiger partial charge in [-0.2, -0.15) is 4.57 Å². The van der Waals surface area contributed by atoms with E-state index in [0.717, 1.165) is 22.4 Å². The number of hydrogen-bond acceptors (Lipinski definition) is 3. The minimum absolute atomic E-state index is 0.281. The summed E-state index contributed by atoms with van der Waals surface area (Å²) < 4.78 is 7.20. The van der Waals surface area contributed by atoms with E-state index in [4.69, 9.17) is 16.3 Å². The van der Waals surface area contributed by atoms with Crippen LogP contribution < -0.4 is 4.57 Å². The Morgan fingerprint density at radius 3 is 2.17 bits per heavy atom. The molecule has 4 aromatic rings. The van der Waals surface area contributed by atoms with Crippen molar-refractivity contribution >= 4 is 17.6 Å². The van der Waals surface area contributed by atoms with Crippen LogP contribution in [-0.4, -0.2) is 17.6 Å². The maximum absolute atomic E-state index is 13.0. The number of rotatable bonds is 5. The van der Waals surface area contributed by atoms with Gasteiger partial charge in [0.15, 0.2) is 6.20 Å². The van der Waals surface area contributed by atoms with Gasteiger partial charge in [0.1, 0.15) is 5.69 Å². The predicted molar refractivity (Wildman–Crippen MR) is 118 cm³/mol. The van der Waals surface area contributed by atoms with Gasteiger partial charge in [0.2, 0.25) is 5.69 Å². The van der Waals surface area contributed by atoms with E-state index in [2.05, 4.69) is 11.1 Å². The van der Waals surface area contributed by atoms with Crippen LogP contribution in [0.3, 0.4) is 0 Å². The summed E-state index contributed by atoms with van der Waals surface area (Å²) >= 11 is 6.05. The van der Waals surface area contributed by atoms with Crippen LogP contribution in [0.25, 0.3) is 28.2 Å². The Balaban J connectivity index is 2.04. The molecule has 0 fully saturated rings. The lowest BCUT2D eigenvalue weighted by atomic mass is 10.0. The second-order valence-electron chi connectivity index (χ2n) is 6.64. The number of ether oxygens (including phenoxy) is 1. The SMILES string of the molecule is CCOC(=O)c1cc(-c2ccccc2)cc(-c2ccccc2)[n+]1-c1ccc(Cl)cn1. The van der Waals surface area contributed by atoms with Gasteiger partial charge in [-0.05, 0) is 35.2 Å². The number of benzene rings is 2. The van der Waals surface area contributed by atoms with Gasteiger partial charge in [0.05, 0.1) is 11.6 Å². The molecule has 0 atom stereocenters. The number of nitrogens with zero attached hydrogens (tertiary/aromatic N) is 2. The third kappa shape index (κ3) is 4.09. The molecular formula is C25H20ClN2O2+. The van der Waals surface area contributed by atoms with E-state index >= 15 is 0 Å². The molecular weight excluding hydrogens is 396 g/mol. The van der Waals surface area contributed by atoms with Crippen molar-refractivity contribution in [1.29, 1.82) is 0 Å². The maximum Gasteiger partial charge on any atom is 0.378 e. The van der Waals surface area contributed by atoms with E-state index in [-0.39, 0.29) is 6.61 Å². The van der Waals surface area contributed by atoms with Crippen LogP contribution in [0.5, 0.6) is 0 Å². The zero-order chi connectivity index (χ0) is 20.9. The van der Waals surface area contributed by atoms with Crippen LogP contribution in [-0.2, 0) is 4.74 Å². The number of esters is 1. The van der Waals surface area contributed by atoms with Crippen LogP contribution in [0.4, 0.5) is 0 Å². The zero-order valence-corrected chi connectivity index (χ0v) is 17.2. The molecule has 2 heterocycles. The minimum atomic E-state index is -0.413. The summed E-state index contributed by atoms with van der Waals surface area (Å²) in [4.78, 5) is 17.4. The topological polar surface area (TPSA) is 43.1 Å². The van der Waals surface area contributed by atoms with Gasteiger partial charge in [-0.1, -0.05) is 72.3 Å². The molecule has 0 spiro atoms. The summed E-state index contributed by atoms with van der Waals surface area (Å²) in [5, 5.41) is 0.527. The molecule has 2 aromatic heterocycles.